The van der Waals surface area contributed by atoms with Gasteiger partial charge in [-0.2, -0.15) is 10.2 Å². The monoisotopic (exact) mass is 344 g/mol. The summed E-state index contributed by atoms with van der Waals surface area (Å²) in [7, 11) is 0. The molecule has 0 spiro atoms. The van der Waals surface area contributed by atoms with Crippen molar-refractivity contribution in [2.45, 2.75) is 13.5 Å². The Balaban J connectivity index is 1.61. The van der Waals surface area contributed by atoms with Crippen molar-refractivity contribution in [3.63, 3.8) is 0 Å². The van der Waals surface area contributed by atoms with E-state index in [2.05, 4.69) is 15.6 Å². The average Bonchev–Trinajstić information content (AvgIpc) is 3.18. The van der Waals surface area contributed by atoms with Crippen LogP contribution >= 0.6 is 0 Å². The Hall–Kier alpha value is -3.47. The molecule has 0 aliphatic carbocycles. The molecule has 5 heteroatoms. The van der Waals surface area contributed by atoms with Crippen LogP contribution in [0.2, 0.25) is 0 Å². The molecule has 1 N–H and O–H groups in total. The number of nitrogens with one attached hydrogen (secondary N) is 1. The first-order valence-corrected chi connectivity index (χ1v) is 8.35. The Morgan fingerprint density at radius 2 is 2.00 bits per heavy atom. The molecule has 0 saturated heterocycles. The number of benzene rings is 2. The van der Waals surface area contributed by atoms with E-state index >= 15 is 0 Å². The summed E-state index contributed by atoms with van der Waals surface area (Å²) < 4.78 is 1.81. The van der Waals surface area contributed by atoms with Crippen molar-refractivity contribution in [3.8, 4) is 0 Å². The summed E-state index contributed by atoms with van der Waals surface area (Å²) in [6, 6.07) is 19.3. The van der Waals surface area contributed by atoms with Gasteiger partial charge in [-0.05, 0) is 42.3 Å². The second-order valence-electron chi connectivity index (χ2n) is 5.84. The molecule has 5 nitrogen and oxygen atoms in total. The standard InChI is InChI=1S/C21H20N4O/c1-17(11-12-18-7-3-2-4-8-18)23-24-21(26)20-10-5-9-19(15-20)16-25-14-6-13-22-25/h2-15H,16H2,1H3,(H,24,26)/b12-11+,23-17?. The molecule has 1 amide bonds. The molecule has 1 aromatic heterocycles. The van der Waals surface area contributed by atoms with Crippen molar-refractivity contribution in [2.24, 2.45) is 5.10 Å². The fourth-order valence-electron chi connectivity index (χ4n) is 2.41. The molecule has 2 aromatic carbocycles. The Kier molecular flexibility index (Phi) is 5.72. The highest BCUT2D eigenvalue weighted by Gasteiger charge is 2.05. The van der Waals surface area contributed by atoms with Crippen LogP contribution in [0.3, 0.4) is 0 Å². The Labute approximate surface area is 152 Å². The van der Waals surface area contributed by atoms with Crippen LogP contribution in [0.4, 0.5) is 0 Å². The number of carbonyl (C=O) groups excluding carboxylic acids is 1. The lowest BCUT2D eigenvalue weighted by molar-refractivity contribution is 0.0954. The molecular formula is C21H20N4O. The lowest BCUT2D eigenvalue weighted by Gasteiger charge is -2.05. The average molecular weight is 344 g/mol. The highest BCUT2D eigenvalue weighted by molar-refractivity contribution is 5.99. The maximum atomic E-state index is 12.3. The number of allylic oxidation sites excluding steroid dienone is 1. The number of rotatable bonds is 6. The largest absolute Gasteiger partial charge is 0.271 e. The van der Waals surface area contributed by atoms with Gasteiger partial charge in [0.2, 0.25) is 0 Å². The number of aromatic nitrogens is 2. The van der Waals surface area contributed by atoms with Gasteiger partial charge in [0.15, 0.2) is 0 Å². The van der Waals surface area contributed by atoms with Gasteiger partial charge in [-0.1, -0.05) is 48.5 Å². The van der Waals surface area contributed by atoms with Gasteiger partial charge in [0, 0.05) is 18.0 Å². The van der Waals surface area contributed by atoms with Gasteiger partial charge in [0.1, 0.15) is 0 Å². The van der Waals surface area contributed by atoms with E-state index in [0.717, 1.165) is 16.8 Å². The van der Waals surface area contributed by atoms with Gasteiger partial charge in [-0.15, -0.1) is 0 Å². The molecule has 0 aliphatic heterocycles. The summed E-state index contributed by atoms with van der Waals surface area (Å²) in [5.41, 5.74) is 5.97. The molecule has 0 radical (unpaired) electrons. The molecule has 0 unspecified atom stereocenters. The maximum Gasteiger partial charge on any atom is 0.271 e. The topological polar surface area (TPSA) is 59.3 Å². The van der Waals surface area contributed by atoms with E-state index in [9.17, 15) is 4.79 Å². The molecule has 1 heterocycles. The summed E-state index contributed by atoms with van der Waals surface area (Å²) >= 11 is 0. The first kappa shape index (κ1) is 17.4. The second-order valence-corrected chi connectivity index (χ2v) is 5.84. The number of hydrogen-bond acceptors (Lipinski definition) is 3. The lowest BCUT2D eigenvalue weighted by atomic mass is 10.1. The van der Waals surface area contributed by atoms with Crippen molar-refractivity contribution >= 4 is 17.7 Å². The minimum atomic E-state index is -0.236. The molecule has 0 bridgehead atoms. The van der Waals surface area contributed by atoms with Crippen LogP contribution in [0, 0.1) is 0 Å². The van der Waals surface area contributed by atoms with Crippen LogP contribution in [0.5, 0.6) is 0 Å². The second kappa shape index (κ2) is 8.58. The minimum Gasteiger partial charge on any atom is -0.268 e. The molecule has 3 rings (SSSR count). The predicted molar refractivity (Wildman–Crippen MR) is 104 cm³/mol. The van der Waals surface area contributed by atoms with Crippen LogP contribution in [-0.4, -0.2) is 21.4 Å². The highest BCUT2D eigenvalue weighted by atomic mass is 16.2. The quantitative estimate of drug-likeness (QED) is 0.547. The summed E-state index contributed by atoms with van der Waals surface area (Å²) in [5.74, 6) is -0.236. The SMILES string of the molecule is CC(/C=C/c1ccccc1)=NNC(=O)c1cccc(Cn2cccn2)c1. The number of amides is 1. The zero-order valence-electron chi connectivity index (χ0n) is 14.5. The van der Waals surface area contributed by atoms with Gasteiger partial charge in [0.05, 0.1) is 12.3 Å². The Morgan fingerprint density at radius 1 is 1.15 bits per heavy atom. The fraction of sp³-hybridized carbons (Fsp3) is 0.0952. The lowest BCUT2D eigenvalue weighted by Crippen LogP contribution is -2.19. The predicted octanol–water partition coefficient (Wildman–Crippen LogP) is 3.75. The van der Waals surface area contributed by atoms with Crippen LogP contribution in [-0.2, 0) is 6.54 Å². The molecule has 0 saturated carbocycles. The minimum absolute atomic E-state index is 0.236. The van der Waals surface area contributed by atoms with E-state index < -0.39 is 0 Å². The number of carbonyl (C=O) groups is 1. The van der Waals surface area contributed by atoms with Crippen molar-refractivity contribution in [1.82, 2.24) is 15.2 Å². The fourth-order valence-corrected chi connectivity index (χ4v) is 2.41. The third-order valence-electron chi connectivity index (χ3n) is 3.74. The normalized spacial score (nSPS) is 11.7. The summed E-state index contributed by atoms with van der Waals surface area (Å²) in [6.07, 6.45) is 7.44. The molecule has 3 aromatic rings. The van der Waals surface area contributed by atoms with Gasteiger partial charge in [0.25, 0.3) is 5.91 Å². The van der Waals surface area contributed by atoms with Crippen molar-refractivity contribution in [3.05, 3.63) is 95.8 Å². The summed E-state index contributed by atoms with van der Waals surface area (Å²) in [5, 5.41) is 8.31. The molecule has 26 heavy (non-hydrogen) atoms. The van der Waals surface area contributed by atoms with Crippen LogP contribution < -0.4 is 5.43 Å². The van der Waals surface area contributed by atoms with E-state index in [0.29, 0.717) is 12.1 Å². The zero-order chi connectivity index (χ0) is 18.2. The third-order valence-corrected chi connectivity index (χ3v) is 3.74. The molecule has 0 fully saturated rings. The van der Waals surface area contributed by atoms with E-state index in [4.69, 9.17) is 0 Å². The number of nitrogens with zero attached hydrogens (tertiary/aromatic N) is 3. The van der Waals surface area contributed by atoms with Gasteiger partial charge >= 0.3 is 0 Å². The maximum absolute atomic E-state index is 12.3. The Morgan fingerprint density at radius 3 is 2.77 bits per heavy atom. The smallest absolute Gasteiger partial charge is 0.268 e. The van der Waals surface area contributed by atoms with Crippen LogP contribution in [0.1, 0.15) is 28.4 Å². The highest BCUT2D eigenvalue weighted by Crippen LogP contribution is 2.07. The molecule has 0 aliphatic rings. The molecule has 130 valence electrons. The molecule has 0 atom stereocenters. The van der Waals surface area contributed by atoms with Crippen molar-refractivity contribution in [1.29, 1.82) is 0 Å². The van der Waals surface area contributed by atoms with Gasteiger partial charge < -0.3 is 0 Å². The van der Waals surface area contributed by atoms with Gasteiger partial charge in [-0.3, -0.25) is 9.48 Å². The number of hydrazone groups is 1. The van der Waals surface area contributed by atoms with E-state index in [1.165, 1.54) is 0 Å². The van der Waals surface area contributed by atoms with E-state index in [1.807, 2.05) is 84.6 Å². The van der Waals surface area contributed by atoms with Crippen LogP contribution in [0.25, 0.3) is 6.08 Å². The van der Waals surface area contributed by atoms with Crippen LogP contribution in [0.15, 0.2) is 84.2 Å². The van der Waals surface area contributed by atoms with E-state index in [-0.39, 0.29) is 5.91 Å². The summed E-state index contributed by atoms with van der Waals surface area (Å²) in [4.78, 5) is 12.3. The first-order valence-electron chi connectivity index (χ1n) is 8.35. The Bertz CT molecular complexity index is 912. The number of hydrogen-bond donors (Lipinski definition) is 1. The van der Waals surface area contributed by atoms with Crippen molar-refractivity contribution in [2.75, 3.05) is 0 Å². The summed E-state index contributed by atoms with van der Waals surface area (Å²) in [6.45, 7) is 2.46. The molecular weight excluding hydrogens is 324 g/mol. The van der Waals surface area contributed by atoms with Gasteiger partial charge in [-0.25, -0.2) is 5.43 Å². The first-order chi connectivity index (χ1) is 12.7. The third kappa shape index (κ3) is 5.01. The van der Waals surface area contributed by atoms with Crippen molar-refractivity contribution < 1.29 is 4.79 Å². The zero-order valence-corrected chi connectivity index (χ0v) is 14.5. The van der Waals surface area contributed by atoms with E-state index in [1.54, 1.807) is 12.3 Å².